The zero-order valence-electron chi connectivity index (χ0n) is 16.4. The Morgan fingerprint density at radius 2 is 1.96 bits per heavy atom. The Hall–Kier alpha value is -1.49. The second-order valence-corrected chi connectivity index (χ2v) is 6.71. The second kappa shape index (κ2) is 12.9. The monoisotopic (exact) mass is 509 g/mol. The summed E-state index contributed by atoms with van der Waals surface area (Å²) in [7, 11) is 1.64. The number of likely N-dealkylation sites (tertiary alicyclic amines) is 1. The van der Waals surface area contributed by atoms with E-state index in [-0.39, 0.29) is 48.0 Å². The number of carbonyl (C=O) groups is 1. The van der Waals surface area contributed by atoms with E-state index in [1.54, 1.807) is 7.05 Å². The first kappa shape index (κ1) is 24.5. The molecular formula is C19H30F2IN5O. The van der Waals surface area contributed by atoms with Gasteiger partial charge in [-0.15, -0.1) is 24.0 Å². The highest BCUT2D eigenvalue weighted by Crippen LogP contribution is 2.11. The van der Waals surface area contributed by atoms with Crippen LogP contribution in [0.4, 0.5) is 8.78 Å². The summed E-state index contributed by atoms with van der Waals surface area (Å²) in [6, 6.07) is 3.62. The van der Waals surface area contributed by atoms with Crippen LogP contribution in [0.25, 0.3) is 0 Å². The predicted molar refractivity (Wildman–Crippen MR) is 118 cm³/mol. The van der Waals surface area contributed by atoms with Gasteiger partial charge in [-0.05, 0) is 37.5 Å². The van der Waals surface area contributed by atoms with E-state index < -0.39 is 11.6 Å². The quantitative estimate of drug-likeness (QED) is 0.300. The van der Waals surface area contributed by atoms with Crippen molar-refractivity contribution in [3.8, 4) is 0 Å². The van der Waals surface area contributed by atoms with Gasteiger partial charge in [0.15, 0.2) is 5.96 Å². The van der Waals surface area contributed by atoms with Gasteiger partial charge in [0.2, 0.25) is 5.91 Å². The molecule has 6 nitrogen and oxygen atoms in total. The SMILES string of the molecule is CCCNC(=O)CN1CCC(NC(=NC)NCc2cc(F)ccc2F)CC1.I. The van der Waals surface area contributed by atoms with Crippen molar-refractivity contribution in [3.05, 3.63) is 35.4 Å². The molecule has 0 spiro atoms. The summed E-state index contributed by atoms with van der Waals surface area (Å²) in [4.78, 5) is 18.1. The Bertz CT molecular complexity index is 651. The predicted octanol–water partition coefficient (Wildman–Crippen LogP) is 2.24. The van der Waals surface area contributed by atoms with Crippen LogP contribution in [0.2, 0.25) is 0 Å². The van der Waals surface area contributed by atoms with Gasteiger partial charge in [-0.1, -0.05) is 6.92 Å². The van der Waals surface area contributed by atoms with E-state index in [1.165, 1.54) is 6.07 Å². The van der Waals surface area contributed by atoms with Crippen molar-refractivity contribution in [2.45, 2.75) is 38.8 Å². The lowest BCUT2D eigenvalue weighted by molar-refractivity contribution is -0.122. The third-order valence-electron chi connectivity index (χ3n) is 4.55. The number of nitrogens with zero attached hydrogens (tertiary/aromatic N) is 2. The first-order chi connectivity index (χ1) is 13.0. The minimum absolute atomic E-state index is 0. The van der Waals surface area contributed by atoms with Gasteiger partial charge in [-0.2, -0.15) is 0 Å². The molecule has 0 saturated carbocycles. The molecule has 1 heterocycles. The molecule has 0 unspecified atom stereocenters. The molecule has 9 heteroatoms. The fourth-order valence-corrected chi connectivity index (χ4v) is 3.00. The van der Waals surface area contributed by atoms with Crippen LogP contribution in [0, 0.1) is 11.6 Å². The van der Waals surface area contributed by atoms with Crippen LogP contribution in [0.5, 0.6) is 0 Å². The highest BCUT2D eigenvalue weighted by Gasteiger charge is 2.21. The lowest BCUT2D eigenvalue weighted by Crippen LogP contribution is -2.50. The Balaban J connectivity index is 0.00000392. The van der Waals surface area contributed by atoms with E-state index in [0.29, 0.717) is 19.0 Å². The molecule has 1 fully saturated rings. The third kappa shape index (κ3) is 8.26. The summed E-state index contributed by atoms with van der Waals surface area (Å²) in [5.41, 5.74) is 0.255. The van der Waals surface area contributed by atoms with E-state index >= 15 is 0 Å². The maximum Gasteiger partial charge on any atom is 0.234 e. The summed E-state index contributed by atoms with van der Waals surface area (Å²) < 4.78 is 27.0. The number of hydrogen-bond donors (Lipinski definition) is 3. The number of rotatable bonds is 7. The smallest absolute Gasteiger partial charge is 0.234 e. The first-order valence-corrected chi connectivity index (χ1v) is 9.42. The van der Waals surface area contributed by atoms with Gasteiger partial charge in [-0.25, -0.2) is 8.78 Å². The van der Waals surface area contributed by atoms with Crippen LogP contribution in [0.1, 0.15) is 31.7 Å². The van der Waals surface area contributed by atoms with Crippen LogP contribution in [0.15, 0.2) is 23.2 Å². The highest BCUT2D eigenvalue weighted by molar-refractivity contribution is 14.0. The largest absolute Gasteiger partial charge is 0.355 e. The molecule has 1 aromatic carbocycles. The van der Waals surface area contributed by atoms with Crippen LogP contribution in [0.3, 0.4) is 0 Å². The molecule has 158 valence electrons. The highest BCUT2D eigenvalue weighted by atomic mass is 127. The van der Waals surface area contributed by atoms with Crippen molar-refractivity contribution in [2.24, 2.45) is 4.99 Å². The van der Waals surface area contributed by atoms with Gasteiger partial charge in [0.05, 0.1) is 6.54 Å². The summed E-state index contributed by atoms with van der Waals surface area (Å²) in [5.74, 6) is -0.295. The average Bonchev–Trinajstić information content (AvgIpc) is 2.67. The number of carbonyl (C=O) groups excluding carboxylic acids is 1. The number of piperidine rings is 1. The Labute approximate surface area is 182 Å². The molecule has 0 aromatic heterocycles. The first-order valence-electron chi connectivity index (χ1n) is 9.42. The molecule has 1 saturated heterocycles. The maximum absolute atomic E-state index is 13.7. The number of guanidine groups is 1. The van der Waals surface area contributed by atoms with E-state index in [0.717, 1.165) is 44.5 Å². The van der Waals surface area contributed by atoms with E-state index in [2.05, 4.69) is 25.8 Å². The Morgan fingerprint density at radius 1 is 1.25 bits per heavy atom. The fraction of sp³-hybridized carbons (Fsp3) is 0.579. The maximum atomic E-state index is 13.7. The molecule has 1 aliphatic heterocycles. The van der Waals surface area contributed by atoms with Gasteiger partial charge in [0.25, 0.3) is 0 Å². The number of aliphatic imine (C=N–C) groups is 1. The standard InChI is InChI=1S/C19H29F2N5O.HI/c1-3-8-23-18(27)13-26-9-6-16(7-10-26)25-19(22-2)24-12-14-11-15(20)4-5-17(14)21;/h4-5,11,16H,3,6-10,12-13H2,1-2H3,(H,23,27)(H2,22,24,25);1H. The summed E-state index contributed by atoms with van der Waals surface area (Å²) in [6.45, 7) is 4.98. The van der Waals surface area contributed by atoms with Gasteiger partial charge < -0.3 is 16.0 Å². The molecule has 0 bridgehead atoms. The van der Waals surface area contributed by atoms with Crippen molar-refractivity contribution in [2.75, 3.05) is 33.2 Å². The molecule has 0 aliphatic carbocycles. The van der Waals surface area contributed by atoms with Crippen LogP contribution < -0.4 is 16.0 Å². The van der Waals surface area contributed by atoms with Crippen LogP contribution in [-0.2, 0) is 11.3 Å². The van der Waals surface area contributed by atoms with Crippen molar-refractivity contribution in [1.82, 2.24) is 20.9 Å². The number of hydrogen-bond acceptors (Lipinski definition) is 3. The average molecular weight is 509 g/mol. The zero-order valence-corrected chi connectivity index (χ0v) is 18.8. The number of amides is 1. The Morgan fingerprint density at radius 3 is 2.61 bits per heavy atom. The molecule has 0 atom stereocenters. The van der Waals surface area contributed by atoms with Crippen molar-refractivity contribution in [1.29, 1.82) is 0 Å². The lowest BCUT2D eigenvalue weighted by Gasteiger charge is -2.32. The second-order valence-electron chi connectivity index (χ2n) is 6.71. The number of nitrogens with one attached hydrogen (secondary N) is 3. The van der Waals surface area contributed by atoms with Gasteiger partial charge in [0, 0.05) is 44.8 Å². The van der Waals surface area contributed by atoms with Gasteiger partial charge in [0.1, 0.15) is 11.6 Å². The minimum Gasteiger partial charge on any atom is -0.355 e. The summed E-state index contributed by atoms with van der Waals surface area (Å²) >= 11 is 0. The summed E-state index contributed by atoms with van der Waals surface area (Å²) in [6.07, 6.45) is 2.70. The minimum atomic E-state index is -0.466. The lowest BCUT2D eigenvalue weighted by atomic mass is 10.1. The Kier molecular flexibility index (Phi) is 11.3. The molecule has 2 rings (SSSR count). The van der Waals surface area contributed by atoms with Gasteiger partial charge >= 0.3 is 0 Å². The fourth-order valence-electron chi connectivity index (χ4n) is 3.00. The molecule has 28 heavy (non-hydrogen) atoms. The molecule has 3 N–H and O–H groups in total. The molecule has 1 aromatic rings. The summed E-state index contributed by atoms with van der Waals surface area (Å²) in [5, 5.41) is 9.23. The van der Waals surface area contributed by atoms with E-state index in [1.807, 2.05) is 6.92 Å². The molecule has 0 radical (unpaired) electrons. The van der Waals surface area contributed by atoms with Crippen molar-refractivity contribution >= 4 is 35.8 Å². The van der Waals surface area contributed by atoms with Crippen LogP contribution >= 0.6 is 24.0 Å². The number of halogens is 3. The topological polar surface area (TPSA) is 68.8 Å². The van der Waals surface area contributed by atoms with Crippen LogP contribution in [-0.4, -0.2) is 56.0 Å². The van der Waals surface area contributed by atoms with Gasteiger partial charge in [-0.3, -0.25) is 14.7 Å². The normalized spacial score (nSPS) is 15.6. The molecule has 1 amide bonds. The third-order valence-corrected chi connectivity index (χ3v) is 4.55. The van der Waals surface area contributed by atoms with E-state index in [4.69, 9.17) is 0 Å². The zero-order chi connectivity index (χ0) is 19.6. The molecular weight excluding hydrogens is 479 g/mol. The number of benzene rings is 1. The van der Waals surface area contributed by atoms with E-state index in [9.17, 15) is 13.6 Å². The van der Waals surface area contributed by atoms with Crippen molar-refractivity contribution in [3.63, 3.8) is 0 Å². The molecule has 1 aliphatic rings. The van der Waals surface area contributed by atoms with Crippen molar-refractivity contribution < 1.29 is 13.6 Å².